The van der Waals surface area contributed by atoms with Gasteiger partial charge in [-0.1, -0.05) is 5.16 Å². The number of aromatic nitrogens is 2. The van der Waals surface area contributed by atoms with Crippen molar-refractivity contribution >= 4 is 5.91 Å². The van der Waals surface area contributed by atoms with Gasteiger partial charge in [-0.25, -0.2) is 8.78 Å². The van der Waals surface area contributed by atoms with E-state index in [4.69, 9.17) is 4.52 Å². The number of amides is 1. The Hall–Kier alpha value is -3.09. The van der Waals surface area contributed by atoms with Crippen LogP contribution >= 0.6 is 0 Å². The van der Waals surface area contributed by atoms with Gasteiger partial charge in [0.15, 0.2) is 5.82 Å². The predicted octanol–water partition coefficient (Wildman–Crippen LogP) is 4.03. The summed E-state index contributed by atoms with van der Waals surface area (Å²) in [4.78, 5) is 18.8. The van der Waals surface area contributed by atoms with Crippen molar-refractivity contribution in [1.82, 2.24) is 15.0 Å². The van der Waals surface area contributed by atoms with Crippen LogP contribution in [0.1, 0.15) is 34.9 Å². The van der Waals surface area contributed by atoms with Crippen molar-refractivity contribution in [2.75, 3.05) is 13.1 Å². The molecule has 4 rings (SSSR count). The van der Waals surface area contributed by atoms with Gasteiger partial charge >= 0.3 is 0 Å². The van der Waals surface area contributed by atoms with E-state index >= 15 is 0 Å². The highest BCUT2D eigenvalue weighted by atomic mass is 19.1. The van der Waals surface area contributed by atoms with Crippen LogP contribution in [0.3, 0.4) is 0 Å². The molecule has 1 amide bonds. The summed E-state index contributed by atoms with van der Waals surface area (Å²) < 4.78 is 31.4. The third-order valence-electron chi connectivity index (χ3n) is 4.70. The summed E-state index contributed by atoms with van der Waals surface area (Å²) in [6.45, 7) is 1.11. The molecule has 138 valence electrons. The van der Waals surface area contributed by atoms with Gasteiger partial charge in [0, 0.05) is 30.1 Å². The first kappa shape index (κ1) is 17.3. The standard InChI is InChI=1S/C20H17F2N3O2/c21-16-7-3-13(4-8-16)19-23-18(24-27-19)15-2-1-11-25(12-15)20(26)14-5-9-17(22)10-6-14/h3-10,15H,1-2,11-12H2/t15-/m1/s1. The van der Waals surface area contributed by atoms with Crippen LogP contribution in [-0.4, -0.2) is 34.0 Å². The molecule has 0 N–H and O–H groups in total. The lowest BCUT2D eigenvalue weighted by atomic mass is 9.96. The van der Waals surface area contributed by atoms with Crippen molar-refractivity contribution < 1.29 is 18.1 Å². The minimum Gasteiger partial charge on any atom is -0.338 e. The van der Waals surface area contributed by atoms with Crippen molar-refractivity contribution in [2.45, 2.75) is 18.8 Å². The molecule has 1 aliphatic rings. The van der Waals surface area contributed by atoms with Crippen LogP contribution in [0.5, 0.6) is 0 Å². The van der Waals surface area contributed by atoms with Crippen LogP contribution in [0.2, 0.25) is 0 Å². The number of carbonyl (C=O) groups is 1. The van der Waals surface area contributed by atoms with Gasteiger partial charge in [-0.3, -0.25) is 4.79 Å². The van der Waals surface area contributed by atoms with Crippen molar-refractivity contribution in [1.29, 1.82) is 0 Å². The summed E-state index contributed by atoms with van der Waals surface area (Å²) in [5.74, 6) is -0.0233. The Kier molecular flexibility index (Phi) is 4.66. The first-order chi connectivity index (χ1) is 13.1. The number of likely N-dealkylation sites (tertiary alicyclic amines) is 1. The lowest BCUT2D eigenvalue weighted by Crippen LogP contribution is -2.39. The molecular formula is C20H17F2N3O2. The van der Waals surface area contributed by atoms with Crippen molar-refractivity contribution in [3.63, 3.8) is 0 Å². The summed E-state index contributed by atoms with van der Waals surface area (Å²) in [7, 11) is 0. The van der Waals surface area contributed by atoms with Crippen LogP contribution in [0, 0.1) is 11.6 Å². The Morgan fingerprint density at radius 2 is 1.70 bits per heavy atom. The fraction of sp³-hybridized carbons (Fsp3) is 0.250. The fourth-order valence-corrected chi connectivity index (χ4v) is 3.26. The third-order valence-corrected chi connectivity index (χ3v) is 4.70. The van der Waals surface area contributed by atoms with Gasteiger partial charge < -0.3 is 9.42 Å². The smallest absolute Gasteiger partial charge is 0.257 e. The summed E-state index contributed by atoms with van der Waals surface area (Å²) in [5, 5.41) is 4.05. The molecular weight excluding hydrogens is 352 g/mol. The molecule has 0 spiro atoms. The number of benzene rings is 2. The Morgan fingerprint density at radius 3 is 2.41 bits per heavy atom. The summed E-state index contributed by atoms with van der Waals surface area (Å²) in [6.07, 6.45) is 1.66. The molecule has 5 nitrogen and oxygen atoms in total. The van der Waals surface area contributed by atoms with Gasteiger partial charge in [0.2, 0.25) is 0 Å². The van der Waals surface area contributed by atoms with E-state index < -0.39 is 0 Å². The molecule has 2 aromatic carbocycles. The monoisotopic (exact) mass is 369 g/mol. The highest BCUT2D eigenvalue weighted by molar-refractivity contribution is 5.94. The quantitative estimate of drug-likeness (QED) is 0.699. The minimum absolute atomic E-state index is 0.0407. The molecule has 0 bridgehead atoms. The first-order valence-electron chi connectivity index (χ1n) is 8.74. The molecule has 0 radical (unpaired) electrons. The van der Waals surface area contributed by atoms with E-state index in [2.05, 4.69) is 10.1 Å². The first-order valence-corrected chi connectivity index (χ1v) is 8.74. The zero-order valence-corrected chi connectivity index (χ0v) is 14.4. The summed E-state index contributed by atoms with van der Waals surface area (Å²) in [6, 6.07) is 11.4. The molecule has 0 aliphatic carbocycles. The topological polar surface area (TPSA) is 59.2 Å². The average Bonchev–Trinajstić information content (AvgIpc) is 3.19. The second kappa shape index (κ2) is 7.26. The summed E-state index contributed by atoms with van der Waals surface area (Å²) >= 11 is 0. The number of nitrogens with zero attached hydrogens (tertiary/aromatic N) is 3. The molecule has 0 unspecified atom stereocenters. The van der Waals surface area contributed by atoms with E-state index in [0.717, 1.165) is 12.8 Å². The Bertz CT molecular complexity index is 939. The van der Waals surface area contributed by atoms with Crippen LogP contribution in [0.4, 0.5) is 8.78 Å². The number of rotatable bonds is 3. The lowest BCUT2D eigenvalue weighted by Gasteiger charge is -2.31. The van der Waals surface area contributed by atoms with Gasteiger partial charge in [0.1, 0.15) is 11.6 Å². The minimum atomic E-state index is -0.372. The summed E-state index contributed by atoms with van der Waals surface area (Å²) in [5.41, 5.74) is 1.10. The maximum atomic E-state index is 13.1. The van der Waals surface area contributed by atoms with E-state index in [1.54, 1.807) is 17.0 Å². The van der Waals surface area contributed by atoms with E-state index in [0.29, 0.717) is 35.9 Å². The van der Waals surface area contributed by atoms with Gasteiger partial charge in [-0.2, -0.15) is 4.98 Å². The number of hydrogen-bond donors (Lipinski definition) is 0. The molecule has 0 saturated carbocycles. The maximum absolute atomic E-state index is 13.1. The Labute approximate surface area is 154 Å². The second-order valence-corrected chi connectivity index (χ2v) is 6.56. The fourth-order valence-electron chi connectivity index (χ4n) is 3.26. The van der Waals surface area contributed by atoms with Crippen molar-refractivity contribution in [2.24, 2.45) is 0 Å². The van der Waals surface area contributed by atoms with Crippen molar-refractivity contribution in [3.8, 4) is 11.5 Å². The van der Waals surface area contributed by atoms with Crippen LogP contribution in [0.15, 0.2) is 53.1 Å². The molecule has 3 aromatic rings. The normalized spacial score (nSPS) is 17.1. The molecule has 27 heavy (non-hydrogen) atoms. The van der Waals surface area contributed by atoms with Gasteiger partial charge in [-0.05, 0) is 61.4 Å². The van der Waals surface area contributed by atoms with Crippen LogP contribution in [-0.2, 0) is 0 Å². The highest BCUT2D eigenvalue weighted by Gasteiger charge is 2.28. The predicted molar refractivity (Wildman–Crippen MR) is 94.0 cm³/mol. The molecule has 1 saturated heterocycles. The number of carbonyl (C=O) groups excluding carboxylic acids is 1. The number of hydrogen-bond acceptors (Lipinski definition) is 4. The van der Waals surface area contributed by atoms with E-state index in [-0.39, 0.29) is 23.5 Å². The van der Waals surface area contributed by atoms with E-state index in [1.165, 1.54) is 36.4 Å². The molecule has 1 aromatic heterocycles. The highest BCUT2D eigenvalue weighted by Crippen LogP contribution is 2.28. The molecule has 1 aliphatic heterocycles. The lowest BCUT2D eigenvalue weighted by molar-refractivity contribution is 0.0703. The maximum Gasteiger partial charge on any atom is 0.257 e. The zero-order chi connectivity index (χ0) is 18.8. The van der Waals surface area contributed by atoms with E-state index in [9.17, 15) is 13.6 Å². The number of halogens is 2. The number of piperidine rings is 1. The van der Waals surface area contributed by atoms with Crippen molar-refractivity contribution in [3.05, 3.63) is 71.6 Å². The van der Waals surface area contributed by atoms with Gasteiger partial charge in [0.25, 0.3) is 11.8 Å². The Morgan fingerprint density at radius 1 is 1.04 bits per heavy atom. The second-order valence-electron chi connectivity index (χ2n) is 6.56. The molecule has 1 fully saturated rings. The largest absolute Gasteiger partial charge is 0.338 e. The molecule has 2 heterocycles. The SMILES string of the molecule is O=C(c1ccc(F)cc1)N1CCC[C@@H](c2noc(-c3ccc(F)cc3)n2)C1. The van der Waals surface area contributed by atoms with Crippen LogP contribution in [0.25, 0.3) is 11.5 Å². The van der Waals surface area contributed by atoms with E-state index in [1.807, 2.05) is 0 Å². The third kappa shape index (κ3) is 3.72. The van der Waals surface area contributed by atoms with Gasteiger partial charge in [0.05, 0.1) is 0 Å². The van der Waals surface area contributed by atoms with Crippen LogP contribution < -0.4 is 0 Å². The Balaban J connectivity index is 1.49. The molecule has 1 atom stereocenters. The molecule has 7 heteroatoms. The average molecular weight is 369 g/mol. The zero-order valence-electron chi connectivity index (χ0n) is 14.4. The van der Waals surface area contributed by atoms with Gasteiger partial charge in [-0.15, -0.1) is 0 Å².